The number of hydrogen-bond acceptors (Lipinski definition) is 11. The minimum atomic E-state index is -3.03. The fourth-order valence-corrected chi connectivity index (χ4v) is 2.50. The highest BCUT2D eigenvalue weighted by Gasteiger charge is 2.59. The summed E-state index contributed by atoms with van der Waals surface area (Å²) in [6.45, 7) is -3.24. The molecular formula is C12H22O11. The Morgan fingerprint density at radius 3 is 2.04 bits per heavy atom. The van der Waals surface area contributed by atoms with E-state index in [1.165, 1.54) is 0 Å². The molecule has 1 heterocycles. The van der Waals surface area contributed by atoms with Crippen LogP contribution in [0.4, 0.5) is 0 Å². The molecule has 3 unspecified atom stereocenters. The first kappa shape index (κ1) is 20.3. The van der Waals surface area contributed by atoms with Gasteiger partial charge in [0, 0.05) is 0 Å². The number of ether oxygens (including phenoxy) is 1. The lowest BCUT2D eigenvalue weighted by Crippen LogP contribution is -2.73. The molecule has 1 saturated heterocycles. The largest absolute Gasteiger partial charge is 0.394 e. The lowest BCUT2D eigenvalue weighted by Gasteiger charge is -2.49. The van der Waals surface area contributed by atoms with E-state index in [1.807, 2.05) is 0 Å². The van der Waals surface area contributed by atoms with Crippen molar-refractivity contribution >= 4 is 5.78 Å². The number of carbonyl (C=O) groups is 1. The monoisotopic (exact) mass is 342 g/mol. The van der Waals surface area contributed by atoms with Crippen LogP contribution in [0, 0.1) is 0 Å². The molecule has 1 aliphatic rings. The predicted octanol–water partition coefficient (Wildman–Crippen LogP) is -6.16. The maximum Gasteiger partial charge on any atom is 0.189 e. The normalized spacial score (nSPS) is 37.0. The molecule has 8 atom stereocenters. The van der Waals surface area contributed by atoms with Gasteiger partial charge >= 0.3 is 0 Å². The Bertz CT molecular complexity index is 402. The number of hydrogen-bond donors (Lipinski definition) is 9. The van der Waals surface area contributed by atoms with Crippen molar-refractivity contribution in [3.63, 3.8) is 0 Å². The maximum atomic E-state index is 11.5. The molecule has 9 N–H and O–H groups in total. The van der Waals surface area contributed by atoms with Crippen molar-refractivity contribution in [3.05, 3.63) is 0 Å². The van der Waals surface area contributed by atoms with E-state index in [4.69, 9.17) is 20.1 Å². The van der Waals surface area contributed by atoms with Crippen molar-refractivity contribution in [2.24, 2.45) is 0 Å². The van der Waals surface area contributed by atoms with Crippen molar-refractivity contribution in [2.45, 2.75) is 48.3 Å². The third-order valence-electron chi connectivity index (χ3n) is 3.95. The molecule has 0 aliphatic carbocycles. The van der Waals surface area contributed by atoms with Crippen LogP contribution in [0.25, 0.3) is 0 Å². The summed E-state index contributed by atoms with van der Waals surface area (Å²) in [7, 11) is 0. The zero-order valence-electron chi connectivity index (χ0n) is 12.0. The van der Waals surface area contributed by atoms with Gasteiger partial charge in [0.2, 0.25) is 0 Å². The summed E-state index contributed by atoms with van der Waals surface area (Å²) in [5.41, 5.74) is -3.03. The standard InChI is InChI=1S/C12H22O11/c13-1-4(16)10(21)12(22,6(17)3-15)11-9(20)8(19)7(18)5(2-14)23-11/h5-11,13-15,17-22H,1-3H2/t5-,6?,7-,8+,9-,10?,11+,12?/m1/s1. The second kappa shape index (κ2) is 7.90. The Morgan fingerprint density at radius 2 is 1.61 bits per heavy atom. The van der Waals surface area contributed by atoms with Crippen LogP contribution in [-0.4, -0.2) is 120 Å². The fraction of sp³-hybridized carbons (Fsp3) is 0.917. The average molecular weight is 342 g/mol. The zero-order valence-corrected chi connectivity index (χ0v) is 12.0. The minimum Gasteiger partial charge on any atom is -0.394 e. The Morgan fingerprint density at radius 1 is 1.04 bits per heavy atom. The van der Waals surface area contributed by atoms with Crippen LogP contribution >= 0.6 is 0 Å². The number of Topliss-reactive ketones (excluding diaryl/α,β-unsaturated/α-hetero) is 1. The summed E-state index contributed by atoms with van der Waals surface area (Å²) in [6, 6.07) is 0. The fourth-order valence-electron chi connectivity index (χ4n) is 2.50. The van der Waals surface area contributed by atoms with Crippen molar-refractivity contribution in [1.82, 2.24) is 0 Å². The highest BCUT2D eigenvalue weighted by Crippen LogP contribution is 2.33. The molecule has 0 aromatic heterocycles. The molecule has 0 radical (unpaired) electrons. The van der Waals surface area contributed by atoms with Crippen LogP contribution in [0.15, 0.2) is 0 Å². The van der Waals surface area contributed by atoms with Gasteiger partial charge in [-0.05, 0) is 0 Å². The van der Waals surface area contributed by atoms with Crippen LogP contribution in [0.1, 0.15) is 0 Å². The number of rotatable bonds is 7. The molecule has 136 valence electrons. The van der Waals surface area contributed by atoms with E-state index in [0.717, 1.165) is 0 Å². The topological polar surface area (TPSA) is 208 Å². The van der Waals surface area contributed by atoms with Gasteiger partial charge < -0.3 is 50.7 Å². The van der Waals surface area contributed by atoms with Gasteiger partial charge in [-0.2, -0.15) is 0 Å². The van der Waals surface area contributed by atoms with Crippen molar-refractivity contribution in [1.29, 1.82) is 0 Å². The lowest BCUT2D eigenvalue weighted by molar-refractivity contribution is -0.301. The van der Waals surface area contributed by atoms with E-state index in [0.29, 0.717) is 0 Å². The molecule has 0 spiro atoms. The quantitative estimate of drug-likeness (QED) is 0.212. The predicted molar refractivity (Wildman–Crippen MR) is 69.9 cm³/mol. The molecule has 0 amide bonds. The van der Waals surface area contributed by atoms with E-state index in [9.17, 15) is 35.4 Å². The third-order valence-corrected chi connectivity index (χ3v) is 3.95. The van der Waals surface area contributed by atoms with Crippen LogP contribution in [0.5, 0.6) is 0 Å². The number of carbonyl (C=O) groups excluding carboxylic acids is 1. The molecule has 1 fully saturated rings. The summed E-state index contributed by atoms with van der Waals surface area (Å²) >= 11 is 0. The highest BCUT2D eigenvalue weighted by molar-refractivity contribution is 5.85. The summed E-state index contributed by atoms with van der Waals surface area (Å²) in [6.07, 6.45) is -14.0. The van der Waals surface area contributed by atoms with Crippen LogP contribution in [-0.2, 0) is 9.53 Å². The molecule has 0 aromatic carbocycles. The molecule has 1 rings (SSSR count). The molecule has 0 aromatic rings. The zero-order chi connectivity index (χ0) is 17.9. The molecule has 1 aliphatic heterocycles. The Kier molecular flexibility index (Phi) is 6.97. The molecule has 23 heavy (non-hydrogen) atoms. The average Bonchev–Trinajstić information content (AvgIpc) is 2.56. The van der Waals surface area contributed by atoms with Gasteiger partial charge in [-0.3, -0.25) is 4.79 Å². The van der Waals surface area contributed by atoms with Crippen molar-refractivity contribution in [2.75, 3.05) is 19.8 Å². The Balaban J connectivity index is 3.27. The molecule has 11 heteroatoms. The van der Waals surface area contributed by atoms with E-state index in [1.54, 1.807) is 0 Å². The van der Waals surface area contributed by atoms with Gasteiger partial charge in [0.05, 0.1) is 13.2 Å². The number of ketones is 1. The van der Waals surface area contributed by atoms with E-state index >= 15 is 0 Å². The summed E-state index contributed by atoms with van der Waals surface area (Å²) in [5.74, 6) is -1.35. The SMILES string of the molecule is O=C(CO)C(O)C(O)(C(O)CO)[C@H]1O[C@H](CO)[C@@H](O)[C@H](O)[C@H]1O. The van der Waals surface area contributed by atoms with Gasteiger partial charge in [-0.15, -0.1) is 0 Å². The number of aliphatic hydroxyl groups is 9. The first-order chi connectivity index (χ1) is 10.7. The van der Waals surface area contributed by atoms with Crippen LogP contribution in [0.2, 0.25) is 0 Å². The molecule has 11 nitrogen and oxygen atoms in total. The van der Waals surface area contributed by atoms with E-state index < -0.39 is 73.9 Å². The van der Waals surface area contributed by atoms with Gasteiger partial charge in [-0.25, -0.2) is 0 Å². The first-order valence-electron chi connectivity index (χ1n) is 6.80. The summed E-state index contributed by atoms with van der Waals surface area (Å²) in [5, 5.41) is 86.4. The Hall–Kier alpha value is -0.730. The van der Waals surface area contributed by atoms with Gasteiger partial charge in [0.1, 0.15) is 49.3 Å². The Labute approximate surface area is 130 Å². The summed E-state index contributed by atoms with van der Waals surface area (Å²) in [4.78, 5) is 11.5. The van der Waals surface area contributed by atoms with E-state index in [2.05, 4.69) is 0 Å². The number of aliphatic hydroxyl groups excluding tert-OH is 8. The minimum absolute atomic E-state index is 0.850. The second-order valence-electron chi connectivity index (χ2n) is 5.36. The van der Waals surface area contributed by atoms with Crippen LogP contribution in [0.3, 0.4) is 0 Å². The summed E-state index contributed by atoms with van der Waals surface area (Å²) < 4.78 is 5.01. The second-order valence-corrected chi connectivity index (χ2v) is 5.36. The smallest absolute Gasteiger partial charge is 0.189 e. The van der Waals surface area contributed by atoms with Crippen LogP contribution < -0.4 is 0 Å². The van der Waals surface area contributed by atoms with Gasteiger partial charge in [-0.1, -0.05) is 0 Å². The first-order valence-corrected chi connectivity index (χ1v) is 6.80. The van der Waals surface area contributed by atoms with Gasteiger partial charge in [0.15, 0.2) is 11.4 Å². The maximum absolute atomic E-state index is 11.5. The molecule has 0 bridgehead atoms. The van der Waals surface area contributed by atoms with Crippen molar-refractivity contribution in [3.8, 4) is 0 Å². The van der Waals surface area contributed by atoms with E-state index in [-0.39, 0.29) is 0 Å². The molecular weight excluding hydrogens is 320 g/mol. The third kappa shape index (κ3) is 3.53. The van der Waals surface area contributed by atoms with Crippen molar-refractivity contribution < 1.29 is 55.5 Å². The molecule has 0 saturated carbocycles. The highest BCUT2D eigenvalue weighted by atomic mass is 16.6. The van der Waals surface area contributed by atoms with Gasteiger partial charge in [0.25, 0.3) is 0 Å². The lowest BCUT2D eigenvalue weighted by atomic mass is 9.77.